The molecule has 5 heteroatoms. The molecule has 1 unspecified atom stereocenters. The van der Waals surface area contributed by atoms with Crippen molar-refractivity contribution in [3.8, 4) is 0 Å². The number of nitrogens with zero attached hydrogens (tertiary/aromatic N) is 2. The van der Waals surface area contributed by atoms with Gasteiger partial charge in [-0.25, -0.2) is 4.99 Å². The fraction of sp³-hybridized carbons (Fsp3) is 0.800. The second-order valence-corrected chi connectivity index (χ2v) is 4.60. The highest BCUT2D eigenvalue weighted by Crippen LogP contribution is 2.27. The molecule has 0 aromatic carbocycles. The fourth-order valence-electron chi connectivity index (χ4n) is 2.79. The summed E-state index contributed by atoms with van der Waals surface area (Å²) in [5, 5.41) is 6.18. The van der Waals surface area contributed by atoms with Gasteiger partial charge in [0, 0.05) is 12.6 Å². The number of nitrogens with one attached hydrogen (secondary N) is 2. The number of fused-ring (bicyclic) bond motifs is 3. The number of carbonyl (C=O) groups is 1. The monoisotopic (exact) mass is 208 g/mol. The lowest BCUT2D eigenvalue weighted by Crippen LogP contribution is -2.59. The predicted octanol–water partition coefficient (Wildman–Crippen LogP) is -0.846. The van der Waals surface area contributed by atoms with E-state index < -0.39 is 0 Å². The molecular weight excluding hydrogens is 192 g/mol. The molecule has 4 aliphatic rings. The second-order valence-electron chi connectivity index (χ2n) is 4.60. The third-order valence-corrected chi connectivity index (χ3v) is 3.65. The molecule has 0 aromatic rings. The van der Waals surface area contributed by atoms with Gasteiger partial charge in [-0.2, -0.15) is 0 Å². The minimum absolute atomic E-state index is 0.0891. The molecule has 2 atom stereocenters. The van der Waals surface area contributed by atoms with Crippen molar-refractivity contribution in [2.75, 3.05) is 19.6 Å². The van der Waals surface area contributed by atoms with Crippen LogP contribution in [-0.4, -0.2) is 49.0 Å². The van der Waals surface area contributed by atoms with Crippen LogP contribution < -0.4 is 10.6 Å². The number of hydrogen-bond donors (Lipinski definition) is 2. The van der Waals surface area contributed by atoms with E-state index in [0.717, 1.165) is 12.5 Å². The van der Waals surface area contributed by atoms with Crippen LogP contribution in [0.2, 0.25) is 0 Å². The van der Waals surface area contributed by atoms with Crippen LogP contribution in [0.1, 0.15) is 12.8 Å². The number of amides is 1. The van der Waals surface area contributed by atoms with Crippen molar-refractivity contribution in [2.24, 2.45) is 10.9 Å². The zero-order valence-electron chi connectivity index (χ0n) is 8.65. The molecule has 1 amide bonds. The quantitative estimate of drug-likeness (QED) is 0.622. The van der Waals surface area contributed by atoms with Gasteiger partial charge in [-0.15, -0.1) is 0 Å². The van der Waals surface area contributed by atoms with E-state index in [0.29, 0.717) is 6.04 Å². The standard InChI is InChI=1S/C10H16N4O/c15-9-5-11-10(13-9)12-8-6-14-3-1-7(8)2-4-14/h5,7-8,10,12H,1-4,6H2,(H,13,15)/t8-,10?/m1/s1. The van der Waals surface area contributed by atoms with Crippen LogP contribution in [0.5, 0.6) is 0 Å². The van der Waals surface area contributed by atoms with Gasteiger partial charge in [0.25, 0.3) is 5.91 Å². The van der Waals surface area contributed by atoms with Gasteiger partial charge in [-0.1, -0.05) is 0 Å². The number of piperidine rings is 3. The normalized spacial score (nSPS) is 43.3. The summed E-state index contributed by atoms with van der Waals surface area (Å²) in [6.07, 6.45) is 3.73. The molecule has 3 fully saturated rings. The minimum Gasteiger partial charge on any atom is -0.317 e. The lowest BCUT2D eigenvalue weighted by molar-refractivity contribution is -0.114. The van der Waals surface area contributed by atoms with Crippen molar-refractivity contribution in [1.82, 2.24) is 15.5 Å². The molecule has 4 aliphatic heterocycles. The van der Waals surface area contributed by atoms with E-state index >= 15 is 0 Å². The van der Waals surface area contributed by atoms with Crippen molar-refractivity contribution < 1.29 is 4.79 Å². The van der Waals surface area contributed by atoms with Crippen LogP contribution >= 0.6 is 0 Å². The fourth-order valence-corrected chi connectivity index (χ4v) is 2.79. The van der Waals surface area contributed by atoms with Gasteiger partial charge in [0.1, 0.15) is 0 Å². The molecule has 0 radical (unpaired) electrons. The Balaban J connectivity index is 1.59. The van der Waals surface area contributed by atoms with Gasteiger partial charge in [-0.05, 0) is 31.8 Å². The molecule has 2 bridgehead atoms. The first kappa shape index (κ1) is 9.30. The Morgan fingerprint density at radius 2 is 2.27 bits per heavy atom. The Morgan fingerprint density at radius 1 is 1.47 bits per heavy atom. The summed E-state index contributed by atoms with van der Waals surface area (Å²) in [5.74, 6) is 0.677. The Bertz CT molecular complexity index is 296. The van der Waals surface area contributed by atoms with Crippen molar-refractivity contribution in [3.05, 3.63) is 0 Å². The third-order valence-electron chi connectivity index (χ3n) is 3.65. The molecular formula is C10H16N4O. The maximum absolute atomic E-state index is 10.9. The van der Waals surface area contributed by atoms with Crippen LogP contribution in [0, 0.1) is 5.92 Å². The lowest BCUT2D eigenvalue weighted by atomic mass is 9.84. The van der Waals surface area contributed by atoms with Gasteiger partial charge in [-0.3, -0.25) is 10.1 Å². The smallest absolute Gasteiger partial charge is 0.264 e. The summed E-state index contributed by atoms with van der Waals surface area (Å²) >= 11 is 0. The van der Waals surface area contributed by atoms with E-state index in [4.69, 9.17) is 0 Å². The van der Waals surface area contributed by atoms with Crippen LogP contribution in [0.4, 0.5) is 0 Å². The largest absolute Gasteiger partial charge is 0.317 e. The van der Waals surface area contributed by atoms with Gasteiger partial charge in [0.2, 0.25) is 0 Å². The van der Waals surface area contributed by atoms with Gasteiger partial charge >= 0.3 is 0 Å². The number of carbonyl (C=O) groups excluding carboxylic acids is 1. The Hall–Kier alpha value is -0.940. The van der Waals surface area contributed by atoms with Gasteiger partial charge in [0.15, 0.2) is 6.29 Å². The molecule has 82 valence electrons. The summed E-state index contributed by atoms with van der Waals surface area (Å²) in [7, 11) is 0. The van der Waals surface area contributed by atoms with Crippen molar-refractivity contribution >= 4 is 12.1 Å². The van der Waals surface area contributed by atoms with Crippen LogP contribution in [0.3, 0.4) is 0 Å². The molecule has 0 aromatic heterocycles. The van der Waals surface area contributed by atoms with Gasteiger partial charge < -0.3 is 10.2 Å². The molecule has 5 nitrogen and oxygen atoms in total. The average molecular weight is 208 g/mol. The summed E-state index contributed by atoms with van der Waals surface area (Å²) in [6.45, 7) is 3.58. The first-order valence-corrected chi connectivity index (χ1v) is 5.63. The van der Waals surface area contributed by atoms with E-state index in [-0.39, 0.29) is 12.2 Å². The highest BCUT2D eigenvalue weighted by molar-refractivity contribution is 6.27. The number of hydrogen-bond acceptors (Lipinski definition) is 4. The highest BCUT2D eigenvalue weighted by Gasteiger charge is 2.35. The maximum atomic E-state index is 10.9. The SMILES string of the molecule is O=C1C=NC(N[C@@H]2CN3CCC2CC3)N1. The van der Waals surface area contributed by atoms with E-state index in [9.17, 15) is 4.79 Å². The highest BCUT2D eigenvalue weighted by atomic mass is 16.2. The molecule has 0 spiro atoms. The Kier molecular flexibility index (Phi) is 2.21. The van der Waals surface area contributed by atoms with Crippen LogP contribution in [0.25, 0.3) is 0 Å². The van der Waals surface area contributed by atoms with Crippen LogP contribution in [-0.2, 0) is 4.79 Å². The first-order chi connectivity index (χ1) is 7.31. The zero-order chi connectivity index (χ0) is 10.3. The van der Waals surface area contributed by atoms with E-state index in [2.05, 4.69) is 20.5 Å². The third kappa shape index (κ3) is 1.77. The predicted molar refractivity (Wildman–Crippen MR) is 56.5 cm³/mol. The molecule has 2 N–H and O–H groups in total. The van der Waals surface area contributed by atoms with Crippen molar-refractivity contribution in [1.29, 1.82) is 0 Å². The second kappa shape index (κ2) is 3.57. The topological polar surface area (TPSA) is 56.7 Å². The summed E-state index contributed by atoms with van der Waals surface area (Å²) in [4.78, 5) is 17.5. The first-order valence-electron chi connectivity index (χ1n) is 5.63. The molecule has 3 saturated heterocycles. The maximum Gasteiger partial charge on any atom is 0.264 e. The number of rotatable bonds is 2. The van der Waals surface area contributed by atoms with E-state index in [1.54, 1.807) is 0 Å². The lowest BCUT2D eigenvalue weighted by Gasteiger charge is -2.45. The molecule has 4 heterocycles. The zero-order valence-corrected chi connectivity index (χ0v) is 8.65. The van der Waals surface area contributed by atoms with Crippen molar-refractivity contribution in [3.63, 3.8) is 0 Å². The Labute approximate surface area is 88.9 Å². The summed E-state index contributed by atoms with van der Waals surface area (Å²) < 4.78 is 0. The van der Waals surface area contributed by atoms with Gasteiger partial charge in [0.05, 0.1) is 6.21 Å². The van der Waals surface area contributed by atoms with Crippen molar-refractivity contribution in [2.45, 2.75) is 25.2 Å². The minimum atomic E-state index is -0.192. The summed E-state index contributed by atoms with van der Waals surface area (Å²) in [5.41, 5.74) is 0. The molecule has 4 rings (SSSR count). The number of aliphatic imine (C=N–C) groups is 1. The Morgan fingerprint density at radius 3 is 2.80 bits per heavy atom. The molecule has 0 aliphatic carbocycles. The van der Waals surface area contributed by atoms with Crippen LogP contribution in [0.15, 0.2) is 4.99 Å². The summed E-state index contributed by atoms with van der Waals surface area (Å²) in [6, 6.07) is 0.494. The molecule has 0 saturated carbocycles. The average Bonchev–Trinajstić information content (AvgIpc) is 2.66. The van der Waals surface area contributed by atoms with E-state index in [1.165, 1.54) is 32.1 Å². The molecule has 15 heavy (non-hydrogen) atoms. The van der Waals surface area contributed by atoms with E-state index in [1.807, 2.05) is 0 Å².